The summed E-state index contributed by atoms with van der Waals surface area (Å²) in [5.41, 5.74) is 5.88. The molecule has 4 bridgehead atoms. The number of ether oxygens (including phenoxy) is 2. The van der Waals surface area contributed by atoms with Gasteiger partial charge in [0.25, 0.3) is 5.91 Å². The molecule has 0 aliphatic carbocycles. The van der Waals surface area contributed by atoms with Crippen molar-refractivity contribution in [3.63, 3.8) is 0 Å². The van der Waals surface area contributed by atoms with Crippen LogP contribution < -0.4 is 16.1 Å². The van der Waals surface area contributed by atoms with Crippen LogP contribution in [0.2, 0.25) is 0 Å². The highest BCUT2D eigenvalue weighted by Crippen LogP contribution is 2.20. The first-order chi connectivity index (χ1) is 22.0. The summed E-state index contributed by atoms with van der Waals surface area (Å²) >= 11 is 0. The van der Waals surface area contributed by atoms with Crippen molar-refractivity contribution in [2.24, 2.45) is 11.8 Å². The second-order valence-corrected chi connectivity index (χ2v) is 12.9. The number of phenolic OH excluding ortho intramolecular Hbond substituents is 1. The van der Waals surface area contributed by atoms with E-state index in [0.29, 0.717) is 31.4 Å². The zero-order chi connectivity index (χ0) is 33.2. The van der Waals surface area contributed by atoms with Crippen molar-refractivity contribution in [1.29, 1.82) is 0 Å². The third-order valence-electron chi connectivity index (χ3n) is 8.93. The lowest BCUT2D eigenvalue weighted by atomic mass is 9.95. The van der Waals surface area contributed by atoms with E-state index in [4.69, 9.17) is 9.47 Å². The minimum atomic E-state index is -1.16. The van der Waals surface area contributed by atoms with Gasteiger partial charge in [0.15, 0.2) is 6.29 Å². The van der Waals surface area contributed by atoms with Crippen LogP contribution in [0.15, 0.2) is 48.5 Å². The number of aryl methyl sites for hydroxylation is 1. The molecule has 2 aromatic rings. The number of nitrogens with one attached hydrogen (secondary N) is 3. The second kappa shape index (κ2) is 16.9. The predicted octanol–water partition coefficient (Wildman–Crippen LogP) is 2.97. The van der Waals surface area contributed by atoms with Gasteiger partial charge < -0.3 is 30.3 Å². The Balaban J connectivity index is 1.62. The number of hydrogen-bond donors (Lipinski definition) is 5. The Hall–Kier alpha value is -3.51. The number of hydrazine groups is 1. The van der Waals surface area contributed by atoms with E-state index in [1.165, 1.54) is 11.1 Å². The number of amides is 3. The summed E-state index contributed by atoms with van der Waals surface area (Å²) < 4.78 is 11.6. The van der Waals surface area contributed by atoms with Gasteiger partial charge in [-0.3, -0.25) is 19.4 Å². The number of benzene rings is 2. The Morgan fingerprint density at radius 1 is 0.978 bits per heavy atom. The molecule has 252 valence electrons. The maximum Gasteiger partial charge on any atom is 0.259 e. The zero-order valence-corrected chi connectivity index (χ0v) is 27.4. The largest absolute Gasteiger partial charge is 0.508 e. The molecule has 0 saturated carbocycles. The van der Waals surface area contributed by atoms with Crippen LogP contribution in [0.3, 0.4) is 0 Å². The Morgan fingerprint density at radius 2 is 1.74 bits per heavy atom. The highest BCUT2D eigenvalue weighted by Gasteiger charge is 2.36. The molecular weight excluding hydrogens is 588 g/mol. The molecule has 2 aliphatic heterocycles. The fourth-order valence-corrected chi connectivity index (χ4v) is 6.16. The van der Waals surface area contributed by atoms with E-state index in [2.05, 4.69) is 28.2 Å². The topological polar surface area (TPSA) is 149 Å². The SMILES string of the molecule is CO[C@@H]1CCCCc2cccc(c2)COC(O)[C@@H]2CCCN(N2)C(=O)[C@H](Cc2cccc(O)c2)NC(=O)[C@H](C(C)C)NC(=O)[C@@H]1C. The van der Waals surface area contributed by atoms with E-state index in [-0.39, 0.29) is 36.7 Å². The standard InChI is InChI=1S/C35H50N4O7/c1-22(2)31-33(42)36-29(20-25-12-8-14-27(40)19-25)34(43)39-17-9-15-28(38-39)35(44)46-21-26-13-7-11-24(18-26)10-5-6-16-30(45-4)23(3)32(41)37-31/h7-8,11-14,18-19,22-23,28-31,35,38,40,44H,5-6,9-10,15-17,20-21H2,1-4H3,(H,36,42)(H,37,41)/t23-,28+,29+,30-,31+,35?/m1/s1. The normalized spacial score (nSPS) is 27.7. The molecule has 11 heteroatoms. The molecule has 1 unspecified atom stereocenters. The molecule has 6 atom stereocenters. The molecule has 2 aromatic carbocycles. The Bertz CT molecular complexity index is 1320. The number of aliphatic hydroxyl groups is 1. The number of carbonyl (C=O) groups excluding carboxylic acids is 3. The van der Waals surface area contributed by atoms with Gasteiger partial charge in [0.1, 0.15) is 17.8 Å². The first-order valence-corrected chi connectivity index (χ1v) is 16.4. The lowest BCUT2D eigenvalue weighted by Crippen LogP contribution is -2.62. The maximum absolute atomic E-state index is 14.0. The highest BCUT2D eigenvalue weighted by atomic mass is 16.6. The molecule has 4 rings (SSSR count). The number of carbonyl (C=O) groups is 3. The number of fused-ring (bicyclic) bond motifs is 4. The van der Waals surface area contributed by atoms with E-state index >= 15 is 0 Å². The second-order valence-electron chi connectivity index (χ2n) is 12.9. The average molecular weight is 639 g/mol. The van der Waals surface area contributed by atoms with Crippen molar-refractivity contribution in [3.8, 4) is 5.75 Å². The predicted molar refractivity (Wildman–Crippen MR) is 173 cm³/mol. The molecule has 0 radical (unpaired) electrons. The highest BCUT2D eigenvalue weighted by molar-refractivity contribution is 5.92. The summed E-state index contributed by atoms with van der Waals surface area (Å²) in [4.78, 5) is 41.2. The molecule has 46 heavy (non-hydrogen) atoms. The maximum atomic E-state index is 14.0. The summed E-state index contributed by atoms with van der Waals surface area (Å²) in [6.45, 7) is 6.07. The number of nitrogens with zero attached hydrogens (tertiary/aromatic N) is 1. The van der Waals surface area contributed by atoms with Gasteiger partial charge in [-0.05, 0) is 66.8 Å². The third kappa shape index (κ3) is 9.75. The van der Waals surface area contributed by atoms with Gasteiger partial charge in [-0.15, -0.1) is 0 Å². The molecule has 5 N–H and O–H groups in total. The van der Waals surface area contributed by atoms with Crippen LogP contribution in [0.1, 0.15) is 69.6 Å². The Kier molecular flexibility index (Phi) is 13.0. The molecule has 1 fully saturated rings. The molecule has 0 aromatic heterocycles. The van der Waals surface area contributed by atoms with Crippen LogP contribution in [0.25, 0.3) is 0 Å². The van der Waals surface area contributed by atoms with Crippen LogP contribution in [0.5, 0.6) is 5.75 Å². The number of hydrogen-bond acceptors (Lipinski definition) is 8. The van der Waals surface area contributed by atoms with E-state index in [0.717, 1.165) is 30.4 Å². The van der Waals surface area contributed by atoms with E-state index < -0.39 is 42.1 Å². The minimum Gasteiger partial charge on any atom is -0.508 e. The molecular formula is C35H50N4O7. The fourth-order valence-electron chi connectivity index (χ4n) is 6.16. The number of rotatable bonds is 4. The molecule has 2 heterocycles. The summed E-state index contributed by atoms with van der Waals surface area (Å²) in [6.07, 6.45) is 3.14. The molecule has 2 aliphatic rings. The summed E-state index contributed by atoms with van der Waals surface area (Å²) in [6, 6.07) is 12.2. The molecule has 1 saturated heterocycles. The van der Waals surface area contributed by atoms with Gasteiger partial charge in [0.05, 0.1) is 24.7 Å². The number of aliphatic hydroxyl groups excluding tert-OH is 1. The van der Waals surface area contributed by atoms with Crippen molar-refractivity contribution in [3.05, 3.63) is 65.2 Å². The number of aromatic hydroxyl groups is 1. The van der Waals surface area contributed by atoms with Gasteiger partial charge in [-0.1, -0.05) is 63.6 Å². The van der Waals surface area contributed by atoms with Gasteiger partial charge in [0.2, 0.25) is 11.8 Å². The van der Waals surface area contributed by atoms with Crippen LogP contribution >= 0.6 is 0 Å². The quantitative estimate of drug-likeness (QED) is 0.343. The van der Waals surface area contributed by atoms with Crippen LogP contribution in [0.4, 0.5) is 0 Å². The lowest BCUT2D eigenvalue weighted by Gasteiger charge is -2.38. The fraction of sp³-hybridized carbons (Fsp3) is 0.571. The van der Waals surface area contributed by atoms with E-state index in [1.807, 2.05) is 32.9 Å². The van der Waals surface area contributed by atoms with Crippen molar-refractivity contribution in [2.45, 2.75) is 103 Å². The number of methoxy groups -OCH3 is 1. The summed E-state index contributed by atoms with van der Waals surface area (Å²) in [5.74, 6) is -1.89. The van der Waals surface area contributed by atoms with Crippen molar-refractivity contribution >= 4 is 17.7 Å². The first kappa shape index (κ1) is 35.3. The van der Waals surface area contributed by atoms with Gasteiger partial charge in [0, 0.05) is 20.1 Å². The molecule has 0 spiro atoms. The van der Waals surface area contributed by atoms with Crippen molar-refractivity contribution < 1.29 is 34.1 Å². The van der Waals surface area contributed by atoms with Crippen molar-refractivity contribution in [1.82, 2.24) is 21.1 Å². The van der Waals surface area contributed by atoms with Crippen LogP contribution in [-0.2, 0) is 43.3 Å². The first-order valence-electron chi connectivity index (χ1n) is 16.4. The summed E-state index contributed by atoms with van der Waals surface area (Å²) in [7, 11) is 1.60. The van der Waals surface area contributed by atoms with Crippen LogP contribution in [0, 0.1) is 11.8 Å². The minimum absolute atomic E-state index is 0.0469. The summed E-state index contributed by atoms with van der Waals surface area (Å²) in [5, 5.41) is 28.2. The molecule has 11 nitrogen and oxygen atoms in total. The third-order valence-corrected chi connectivity index (χ3v) is 8.93. The van der Waals surface area contributed by atoms with Crippen LogP contribution in [-0.4, -0.2) is 77.1 Å². The van der Waals surface area contributed by atoms with Gasteiger partial charge in [-0.25, -0.2) is 5.43 Å². The number of phenols is 1. The lowest BCUT2D eigenvalue weighted by molar-refractivity contribution is -0.159. The van der Waals surface area contributed by atoms with Crippen molar-refractivity contribution in [2.75, 3.05) is 13.7 Å². The zero-order valence-electron chi connectivity index (χ0n) is 27.4. The monoisotopic (exact) mass is 638 g/mol. The molecule has 3 amide bonds. The van der Waals surface area contributed by atoms with Gasteiger partial charge >= 0.3 is 0 Å². The Morgan fingerprint density at radius 3 is 2.48 bits per heavy atom. The van der Waals surface area contributed by atoms with E-state index in [1.54, 1.807) is 25.3 Å². The smallest absolute Gasteiger partial charge is 0.259 e. The van der Waals surface area contributed by atoms with E-state index in [9.17, 15) is 24.6 Å². The Labute approximate surface area is 272 Å². The average Bonchev–Trinajstić information content (AvgIpc) is 3.04. The van der Waals surface area contributed by atoms with Gasteiger partial charge in [-0.2, -0.15) is 0 Å².